The summed E-state index contributed by atoms with van der Waals surface area (Å²) in [5, 5.41) is 2.89. The highest BCUT2D eigenvalue weighted by molar-refractivity contribution is 5.67. The molecular weight excluding hydrogens is 274 g/mol. The van der Waals surface area contributed by atoms with Crippen molar-refractivity contribution in [2.75, 3.05) is 6.54 Å². The zero-order valence-electron chi connectivity index (χ0n) is 14.0. The van der Waals surface area contributed by atoms with Crippen molar-refractivity contribution in [2.24, 2.45) is 17.8 Å². The maximum atomic E-state index is 12.0. The first-order chi connectivity index (χ1) is 10.6. The van der Waals surface area contributed by atoms with Gasteiger partial charge in [-0.1, -0.05) is 57.5 Å². The summed E-state index contributed by atoms with van der Waals surface area (Å²) in [6.07, 6.45) is 4.06. The summed E-state index contributed by atoms with van der Waals surface area (Å²) in [6.45, 7) is 7.33. The van der Waals surface area contributed by atoms with Crippen molar-refractivity contribution < 1.29 is 9.53 Å². The average Bonchev–Trinajstić information content (AvgIpc) is 2.48. The Morgan fingerprint density at radius 3 is 2.68 bits per heavy atom. The molecule has 3 heteroatoms. The smallest absolute Gasteiger partial charge is 0.407 e. The van der Waals surface area contributed by atoms with Crippen LogP contribution in [-0.4, -0.2) is 18.7 Å². The second kappa shape index (κ2) is 8.21. The molecule has 1 aromatic rings. The molecule has 1 amide bonds. The fourth-order valence-electron chi connectivity index (χ4n) is 3.38. The van der Waals surface area contributed by atoms with Crippen LogP contribution in [0.3, 0.4) is 0 Å². The molecule has 1 aliphatic carbocycles. The van der Waals surface area contributed by atoms with E-state index in [1.165, 1.54) is 18.4 Å². The van der Waals surface area contributed by atoms with Gasteiger partial charge in [0.2, 0.25) is 0 Å². The summed E-state index contributed by atoms with van der Waals surface area (Å²) < 4.78 is 5.72. The zero-order valence-corrected chi connectivity index (χ0v) is 14.0. The first-order valence-electron chi connectivity index (χ1n) is 8.54. The Bertz CT molecular complexity index is 458. The van der Waals surface area contributed by atoms with Crippen LogP contribution in [0.1, 0.15) is 45.6 Å². The monoisotopic (exact) mass is 303 g/mol. The molecule has 0 unspecified atom stereocenters. The molecule has 0 saturated heterocycles. The lowest BCUT2D eigenvalue weighted by atomic mass is 9.75. The summed E-state index contributed by atoms with van der Waals surface area (Å²) in [6, 6.07) is 10.2. The summed E-state index contributed by atoms with van der Waals surface area (Å²) in [4.78, 5) is 12.0. The molecule has 0 aliphatic heterocycles. The van der Waals surface area contributed by atoms with Crippen LogP contribution in [0.15, 0.2) is 30.3 Å². The Kier molecular flexibility index (Phi) is 6.29. The van der Waals surface area contributed by atoms with Gasteiger partial charge in [0.15, 0.2) is 0 Å². The van der Waals surface area contributed by atoms with Crippen LogP contribution in [0.4, 0.5) is 4.79 Å². The number of carbonyl (C=O) groups is 1. The molecule has 1 fully saturated rings. The molecule has 3 nitrogen and oxygen atoms in total. The first-order valence-corrected chi connectivity index (χ1v) is 8.54. The fourth-order valence-corrected chi connectivity index (χ4v) is 3.38. The molecular formula is C19H29NO2. The van der Waals surface area contributed by atoms with Gasteiger partial charge in [0, 0.05) is 6.54 Å². The van der Waals surface area contributed by atoms with Gasteiger partial charge in [-0.25, -0.2) is 4.79 Å². The second-order valence-electron chi connectivity index (χ2n) is 6.93. The molecule has 22 heavy (non-hydrogen) atoms. The quantitative estimate of drug-likeness (QED) is 0.874. The third-order valence-corrected chi connectivity index (χ3v) is 4.75. The Balaban J connectivity index is 1.77. The van der Waals surface area contributed by atoms with E-state index in [9.17, 15) is 4.79 Å². The maximum Gasteiger partial charge on any atom is 0.407 e. The largest absolute Gasteiger partial charge is 0.446 e. The van der Waals surface area contributed by atoms with Gasteiger partial charge in [-0.05, 0) is 42.6 Å². The summed E-state index contributed by atoms with van der Waals surface area (Å²) in [7, 11) is 0. The number of amides is 1. The summed E-state index contributed by atoms with van der Waals surface area (Å²) in [5.74, 6) is 1.71. The van der Waals surface area contributed by atoms with Gasteiger partial charge >= 0.3 is 6.09 Å². The Morgan fingerprint density at radius 2 is 2.00 bits per heavy atom. The SMILES string of the molecule is CC(C)[C@@H]1CC[C@@H](C)C[C@H]1OC(=O)NCCc1ccccc1. The minimum absolute atomic E-state index is 0.0699. The molecule has 122 valence electrons. The van der Waals surface area contributed by atoms with Crippen molar-refractivity contribution in [3.05, 3.63) is 35.9 Å². The third-order valence-electron chi connectivity index (χ3n) is 4.75. The maximum absolute atomic E-state index is 12.0. The van der Waals surface area contributed by atoms with Crippen LogP contribution in [0.5, 0.6) is 0 Å². The molecule has 0 aromatic heterocycles. The number of nitrogens with one attached hydrogen (secondary N) is 1. The van der Waals surface area contributed by atoms with Crippen molar-refractivity contribution in [1.82, 2.24) is 5.32 Å². The van der Waals surface area contributed by atoms with Gasteiger partial charge in [0.1, 0.15) is 6.10 Å². The summed E-state index contributed by atoms with van der Waals surface area (Å²) >= 11 is 0. The molecule has 0 spiro atoms. The third kappa shape index (κ3) is 5.04. The van der Waals surface area contributed by atoms with E-state index >= 15 is 0 Å². The Morgan fingerprint density at radius 1 is 1.27 bits per heavy atom. The molecule has 0 bridgehead atoms. The first kappa shape index (κ1) is 16.9. The van der Waals surface area contributed by atoms with Crippen molar-refractivity contribution in [3.63, 3.8) is 0 Å². The van der Waals surface area contributed by atoms with Crippen LogP contribution < -0.4 is 5.32 Å². The highest BCUT2D eigenvalue weighted by Gasteiger charge is 2.33. The Labute approximate surface area is 134 Å². The van der Waals surface area contributed by atoms with Gasteiger partial charge in [-0.3, -0.25) is 0 Å². The van der Waals surface area contributed by atoms with E-state index in [1.807, 2.05) is 18.2 Å². The molecule has 1 saturated carbocycles. The number of hydrogen-bond acceptors (Lipinski definition) is 2. The lowest BCUT2D eigenvalue weighted by molar-refractivity contribution is 0.00631. The predicted molar refractivity (Wildman–Crippen MR) is 89.8 cm³/mol. The van der Waals surface area contributed by atoms with Crippen molar-refractivity contribution in [1.29, 1.82) is 0 Å². The molecule has 0 radical (unpaired) electrons. The molecule has 1 aromatic carbocycles. The van der Waals surface area contributed by atoms with Crippen molar-refractivity contribution in [3.8, 4) is 0 Å². The van der Waals surface area contributed by atoms with E-state index < -0.39 is 0 Å². The van der Waals surface area contributed by atoms with Crippen molar-refractivity contribution >= 4 is 6.09 Å². The van der Waals surface area contributed by atoms with Gasteiger partial charge in [0.25, 0.3) is 0 Å². The average molecular weight is 303 g/mol. The summed E-state index contributed by atoms with van der Waals surface area (Å²) in [5.41, 5.74) is 1.23. The van der Waals surface area contributed by atoms with Gasteiger partial charge in [-0.15, -0.1) is 0 Å². The minimum atomic E-state index is -0.263. The van der Waals surface area contributed by atoms with Crippen LogP contribution in [0, 0.1) is 17.8 Å². The molecule has 0 heterocycles. The topological polar surface area (TPSA) is 38.3 Å². The van der Waals surface area contributed by atoms with E-state index in [2.05, 4.69) is 38.2 Å². The number of rotatable bonds is 5. The lowest BCUT2D eigenvalue weighted by Crippen LogP contribution is -2.39. The number of hydrogen-bond donors (Lipinski definition) is 1. The molecule has 2 rings (SSSR count). The van der Waals surface area contributed by atoms with E-state index in [1.54, 1.807) is 0 Å². The Hall–Kier alpha value is -1.51. The number of alkyl carbamates (subject to hydrolysis) is 1. The highest BCUT2D eigenvalue weighted by Crippen LogP contribution is 2.35. The number of carbonyl (C=O) groups excluding carboxylic acids is 1. The van der Waals surface area contributed by atoms with E-state index in [0.717, 1.165) is 12.8 Å². The van der Waals surface area contributed by atoms with Gasteiger partial charge in [-0.2, -0.15) is 0 Å². The number of benzene rings is 1. The molecule has 1 aliphatic rings. The molecule has 1 N–H and O–H groups in total. The normalized spacial score (nSPS) is 25.0. The van der Waals surface area contributed by atoms with Crippen LogP contribution in [-0.2, 0) is 11.2 Å². The van der Waals surface area contributed by atoms with Gasteiger partial charge in [0.05, 0.1) is 0 Å². The van der Waals surface area contributed by atoms with E-state index in [4.69, 9.17) is 4.74 Å². The predicted octanol–water partition coefficient (Wildman–Crippen LogP) is 4.42. The van der Waals surface area contributed by atoms with E-state index in [0.29, 0.717) is 24.3 Å². The highest BCUT2D eigenvalue weighted by atomic mass is 16.6. The zero-order chi connectivity index (χ0) is 15.9. The van der Waals surface area contributed by atoms with Crippen LogP contribution in [0.25, 0.3) is 0 Å². The number of ether oxygens (including phenoxy) is 1. The van der Waals surface area contributed by atoms with E-state index in [-0.39, 0.29) is 12.2 Å². The van der Waals surface area contributed by atoms with Gasteiger partial charge < -0.3 is 10.1 Å². The fraction of sp³-hybridized carbons (Fsp3) is 0.632. The minimum Gasteiger partial charge on any atom is -0.446 e. The van der Waals surface area contributed by atoms with Crippen molar-refractivity contribution in [2.45, 2.75) is 52.6 Å². The second-order valence-corrected chi connectivity index (χ2v) is 6.93. The molecule has 3 atom stereocenters. The van der Waals surface area contributed by atoms with Crippen LogP contribution >= 0.6 is 0 Å². The lowest BCUT2D eigenvalue weighted by Gasteiger charge is -2.36. The standard InChI is InChI=1S/C19H29NO2/c1-14(2)17-10-9-15(3)13-18(17)22-19(21)20-12-11-16-7-5-4-6-8-16/h4-8,14-15,17-18H,9-13H2,1-3H3,(H,20,21)/t15-,17+,18-/m1/s1. The van der Waals surface area contributed by atoms with Crippen LogP contribution in [0.2, 0.25) is 0 Å².